The van der Waals surface area contributed by atoms with Crippen LogP contribution < -0.4 is 4.72 Å². The number of rotatable bonds is 5. The lowest BCUT2D eigenvalue weighted by Gasteiger charge is -2.08. The first-order chi connectivity index (χ1) is 9.42. The Morgan fingerprint density at radius 2 is 1.90 bits per heavy atom. The Labute approximate surface area is 119 Å². The third-order valence-corrected chi connectivity index (χ3v) is 4.89. The normalized spacial score (nSPS) is 11.8. The van der Waals surface area contributed by atoms with E-state index in [1.807, 2.05) is 31.2 Å². The Bertz CT molecular complexity index is 685. The number of nitrogens with one attached hydrogen (secondary N) is 1. The zero-order valence-electron chi connectivity index (χ0n) is 11.8. The maximum absolute atomic E-state index is 12.2. The smallest absolute Gasteiger partial charge is 0.245 e. The summed E-state index contributed by atoms with van der Waals surface area (Å²) in [5.41, 5.74) is 2.67. The number of hydrogen-bond acceptors (Lipinski definition) is 4. The summed E-state index contributed by atoms with van der Waals surface area (Å²) in [5.74, 6) is 0.311. The van der Waals surface area contributed by atoms with Crippen LogP contribution in [0.4, 0.5) is 0 Å². The average Bonchev–Trinajstić information content (AvgIpc) is 2.72. The molecule has 1 aromatic heterocycles. The minimum absolute atomic E-state index is 0.141. The van der Waals surface area contributed by atoms with E-state index in [-0.39, 0.29) is 4.90 Å². The van der Waals surface area contributed by atoms with Crippen molar-refractivity contribution in [3.63, 3.8) is 0 Å². The molecule has 0 aliphatic carbocycles. The minimum atomic E-state index is -3.57. The molecule has 0 saturated heterocycles. The second kappa shape index (κ2) is 5.76. The molecule has 0 amide bonds. The Morgan fingerprint density at radius 3 is 2.50 bits per heavy atom. The van der Waals surface area contributed by atoms with E-state index >= 15 is 0 Å². The quantitative estimate of drug-likeness (QED) is 0.917. The lowest BCUT2D eigenvalue weighted by Crippen LogP contribution is -2.27. The van der Waals surface area contributed by atoms with E-state index in [2.05, 4.69) is 9.88 Å². The third-order valence-electron chi connectivity index (χ3n) is 3.18. The summed E-state index contributed by atoms with van der Waals surface area (Å²) in [6.07, 6.45) is 0.648. The summed E-state index contributed by atoms with van der Waals surface area (Å²) in [5, 5.41) is 3.67. The van der Waals surface area contributed by atoms with Crippen molar-refractivity contribution in [2.24, 2.45) is 0 Å². The molecular weight excluding hydrogens is 276 g/mol. The van der Waals surface area contributed by atoms with Gasteiger partial charge in [-0.15, -0.1) is 0 Å². The molecule has 0 aliphatic rings. The fourth-order valence-corrected chi connectivity index (χ4v) is 3.50. The molecule has 1 heterocycles. The fourth-order valence-electron chi connectivity index (χ4n) is 2.14. The molecule has 0 fully saturated rings. The van der Waals surface area contributed by atoms with E-state index in [1.165, 1.54) is 0 Å². The van der Waals surface area contributed by atoms with Crippen molar-refractivity contribution < 1.29 is 12.9 Å². The van der Waals surface area contributed by atoms with Gasteiger partial charge in [0.1, 0.15) is 10.6 Å². The Balaban J connectivity index is 2.06. The van der Waals surface area contributed by atoms with Gasteiger partial charge in [0.2, 0.25) is 10.0 Å². The molecule has 0 aliphatic heterocycles. The van der Waals surface area contributed by atoms with Crippen LogP contribution in [0.1, 0.15) is 22.6 Å². The summed E-state index contributed by atoms with van der Waals surface area (Å²) in [7, 11) is -3.57. The zero-order chi connectivity index (χ0) is 14.8. The van der Waals surface area contributed by atoms with Gasteiger partial charge in [-0.1, -0.05) is 29.4 Å². The van der Waals surface area contributed by atoms with E-state index in [1.54, 1.807) is 13.8 Å². The van der Waals surface area contributed by atoms with Crippen molar-refractivity contribution in [3.05, 3.63) is 46.8 Å². The lowest BCUT2D eigenvalue weighted by molar-refractivity contribution is 0.390. The van der Waals surface area contributed by atoms with Gasteiger partial charge in [-0.05, 0) is 38.3 Å². The molecule has 0 saturated carbocycles. The van der Waals surface area contributed by atoms with Crippen molar-refractivity contribution >= 4 is 10.0 Å². The molecule has 2 aromatic rings. The number of benzene rings is 1. The molecule has 0 spiro atoms. The number of sulfonamides is 1. The number of nitrogens with zero attached hydrogens (tertiary/aromatic N) is 1. The molecular formula is C14H18N2O3S. The van der Waals surface area contributed by atoms with Gasteiger partial charge < -0.3 is 4.52 Å². The number of aromatic nitrogens is 1. The predicted molar refractivity (Wildman–Crippen MR) is 76.0 cm³/mol. The van der Waals surface area contributed by atoms with Crippen LogP contribution in [0.25, 0.3) is 0 Å². The fraction of sp³-hybridized carbons (Fsp3) is 0.357. The molecule has 0 unspecified atom stereocenters. The van der Waals surface area contributed by atoms with Crippen molar-refractivity contribution in [1.29, 1.82) is 0 Å². The van der Waals surface area contributed by atoms with Crippen LogP contribution in [-0.2, 0) is 16.4 Å². The van der Waals surface area contributed by atoms with Crippen LogP contribution >= 0.6 is 0 Å². The second-order valence-electron chi connectivity index (χ2n) is 4.73. The van der Waals surface area contributed by atoms with E-state index in [0.717, 1.165) is 11.1 Å². The summed E-state index contributed by atoms with van der Waals surface area (Å²) >= 11 is 0. The van der Waals surface area contributed by atoms with Gasteiger partial charge in [0.15, 0.2) is 5.76 Å². The predicted octanol–water partition coefficient (Wildman–Crippen LogP) is 2.12. The molecule has 6 heteroatoms. The third kappa shape index (κ3) is 3.08. The maximum atomic E-state index is 12.2. The van der Waals surface area contributed by atoms with Crippen LogP contribution in [-0.4, -0.2) is 20.1 Å². The highest BCUT2D eigenvalue weighted by Gasteiger charge is 2.23. The first-order valence-electron chi connectivity index (χ1n) is 6.39. The zero-order valence-corrected chi connectivity index (χ0v) is 12.6. The van der Waals surface area contributed by atoms with Crippen molar-refractivity contribution in [3.8, 4) is 0 Å². The van der Waals surface area contributed by atoms with E-state index in [0.29, 0.717) is 24.4 Å². The van der Waals surface area contributed by atoms with E-state index in [9.17, 15) is 8.42 Å². The highest BCUT2D eigenvalue weighted by atomic mass is 32.2. The standard InChI is InChI=1S/C14H18N2O3S/c1-10-6-4-5-7-13(10)8-9-15-20(17,18)14-11(2)16-19-12(14)3/h4-7,15H,8-9H2,1-3H3. The van der Waals surface area contributed by atoms with Crippen molar-refractivity contribution in [1.82, 2.24) is 9.88 Å². The van der Waals surface area contributed by atoms with Gasteiger partial charge in [-0.25, -0.2) is 13.1 Å². The summed E-state index contributed by atoms with van der Waals surface area (Å²) in [6.45, 7) is 5.57. The molecule has 20 heavy (non-hydrogen) atoms. The molecule has 0 atom stereocenters. The van der Waals surface area contributed by atoms with Crippen LogP contribution in [0, 0.1) is 20.8 Å². The molecule has 1 N–H and O–H groups in total. The summed E-state index contributed by atoms with van der Waals surface area (Å²) < 4.78 is 31.9. The monoisotopic (exact) mass is 294 g/mol. The van der Waals surface area contributed by atoms with Crippen molar-refractivity contribution in [2.75, 3.05) is 6.54 Å². The van der Waals surface area contributed by atoms with Crippen LogP contribution in [0.15, 0.2) is 33.7 Å². The second-order valence-corrected chi connectivity index (χ2v) is 6.43. The summed E-state index contributed by atoms with van der Waals surface area (Å²) in [4.78, 5) is 0.141. The van der Waals surface area contributed by atoms with Crippen molar-refractivity contribution in [2.45, 2.75) is 32.1 Å². The minimum Gasteiger partial charge on any atom is -0.360 e. The first kappa shape index (κ1) is 14.7. The van der Waals surface area contributed by atoms with E-state index < -0.39 is 10.0 Å². The molecule has 1 aromatic carbocycles. The van der Waals surface area contributed by atoms with Gasteiger partial charge >= 0.3 is 0 Å². The van der Waals surface area contributed by atoms with Gasteiger partial charge in [0.05, 0.1) is 0 Å². The largest absolute Gasteiger partial charge is 0.360 e. The molecule has 108 valence electrons. The lowest BCUT2D eigenvalue weighted by atomic mass is 10.1. The number of aryl methyl sites for hydroxylation is 3. The average molecular weight is 294 g/mol. The Kier molecular flexibility index (Phi) is 4.25. The SMILES string of the molecule is Cc1ccccc1CCNS(=O)(=O)c1c(C)noc1C. The van der Waals surface area contributed by atoms with E-state index in [4.69, 9.17) is 4.52 Å². The summed E-state index contributed by atoms with van der Waals surface area (Å²) in [6, 6.07) is 7.93. The van der Waals surface area contributed by atoms with Crippen LogP contribution in [0.2, 0.25) is 0 Å². The highest BCUT2D eigenvalue weighted by Crippen LogP contribution is 2.18. The molecule has 0 bridgehead atoms. The van der Waals surface area contributed by atoms with Crippen LogP contribution in [0.3, 0.4) is 0 Å². The van der Waals surface area contributed by atoms with Gasteiger partial charge in [0.25, 0.3) is 0 Å². The van der Waals surface area contributed by atoms with Gasteiger partial charge in [0, 0.05) is 6.54 Å². The van der Waals surface area contributed by atoms with Gasteiger partial charge in [-0.3, -0.25) is 0 Å². The topological polar surface area (TPSA) is 72.2 Å². The number of hydrogen-bond donors (Lipinski definition) is 1. The van der Waals surface area contributed by atoms with Gasteiger partial charge in [-0.2, -0.15) is 0 Å². The maximum Gasteiger partial charge on any atom is 0.245 e. The molecule has 2 rings (SSSR count). The highest BCUT2D eigenvalue weighted by molar-refractivity contribution is 7.89. The molecule has 5 nitrogen and oxygen atoms in total. The Hall–Kier alpha value is -1.66. The molecule has 0 radical (unpaired) electrons. The van der Waals surface area contributed by atoms with Crippen LogP contribution in [0.5, 0.6) is 0 Å². The Morgan fingerprint density at radius 1 is 1.20 bits per heavy atom. The first-order valence-corrected chi connectivity index (χ1v) is 7.87.